The maximum atomic E-state index is 13.6. The van der Waals surface area contributed by atoms with Crippen molar-refractivity contribution in [2.75, 3.05) is 32.8 Å². The molecule has 6 nitrogen and oxygen atoms in total. The van der Waals surface area contributed by atoms with Crippen molar-refractivity contribution in [3.05, 3.63) is 95.1 Å². The average Bonchev–Trinajstić information content (AvgIpc) is 3.40. The summed E-state index contributed by atoms with van der Waals surface area (Å²) in [4.78, 5) is 14.7. The predicted molar refractivity (Wildman–Crippen MR) is 149 cm³/mol. The third kappa shape index (κ3) is 8.23. The number of piperidine rings is 1. The lowest BCUT2D eigenvalue weighted by Gasteiger charge is -2.20. The van der Waals surface area contributed by atoms with Crippen molar-refractivity contribution in [2.24, 2.45) is 11.8 Å². The zero-order valence-electron chi connectivity index (χ0n) is 23.6. The average molecular weight is 605 g/mol. The van der Waals surface area contributed by atoms with Crippen LogP contribution in [0.4, 0.5) is 22.0 Å². The second-order valence-corrected chi connectivity index (χ2v) is 10.9. The van der Waals surface area contributed by atoms with E-state index in [0.717, 1.165) is 54.5 Å². The van der Waals surface area contributed by atoms with Crippen LogP contribution in [0.1, 0.15) is 23.6 Å². The summed E-state index contributed by atoms with van der Waals surface area (Å²) < 4.78 is 82.0. The highest BCUT2D eigenvalue weighted by molar-refractivity contribution is 5.75. The number of hydrogen-bond acceptors (Lipinski definition) is 6. The number of esters is 1. The first-order chi connectivity index (χ1) is 20.6. The molecule has 0 radical (unpaired) electrons. The SMILES string of the molecule is CCOC(=O)[C@H](Cc1ccc(OCCN[C@H]2C3CN(Cc4ccc(C(F)(F)F)cc4)C[C@@H]32)cc1)Oc1cc(F)cc(F)c1. The van der Waals surface area contributed by atoms with Gasteiger partial charge in [0.15, 0.2) is 6.10 Å². The molecule has 0 bridgehead atoms. The van der Waals surface area contributed by atoms with Gasteiger partial charge in [0.1, 0.15) is 29.7 Å². The van der Waals surface area contributed by atoms with Crippen LogP contribution in [-0.4, -0.2) is 55.9 Å². The highest BCUT2D eigenvalue weighted by Crippen LogP contribution is 2.45. The zero-order chi connectivity index (χ0) is 30.6. The van der Waals surface area contributed by atoms with Crippen LogP contribution < -0.4 is 14.8 Å². The smallest absolute Gasteiger partial charge is 0.416 e. The lowest BCUT2D eigenvalue weighted by molar-refractivity contribution is -0.151. The van der Waals surface area contributed by atoms with E-state index in [1.807, 2.05) is 0 Å². The van der Waals surface area contributed by atoms with Gasteiger partial charge in [-0.25, -0.2) is 13.6 Å². The first-order valence-corrected chi connectivity index (χ1v) is 14.2. The van der Waals surface area contributed by atoms with E-state index in [1.165, 1.54) is 0 Å². The molecule has 43 heavy (non-hydrogen) atoms. The standard InChI is InChI=1S/C32H33F5N2O4/c1-2-41-31(40)29(43-26-15-23(33)14-24(34)16-26)13-20-5-9-25(10-6-20)42-12-11-38-30-27-18-39(19-28(27)30)17-21-3-7-22(8-4-21)32(35,36)37/h3-10,14-16,27-30,38H,2,11-13,17-19H2,1H3/t27-,28?,29-,30+/m0/s1. The highest BCUT2D eigenvalue weighted by Gasteiger charge is 2.55. The van der Waals surface area contributed by atoms with Gasteiger partial charge in [0, 0.05) is 56.8 Å². The number of rotatable bonds is 13. The molecule has 1 N–H and O–H groups in total. The van der Waals surface area contributed by atoms with Crippen molar-refractivity contribution in [2.45, 2.75) is 38.2 Å². The van der Waals surface area contributed by atoms with E-state index in [0.29, 0.717) is 43.3 Å². The molecule has 4 atom stereocenters. The van der Waals surface area contributed by atoms with E-state index in [9.17, 15) is 26.7 Å². The van der Waals surface area contributed by atoms with Crippen LogP contribution in [0.3, 0.4) is 0 Å². The van der Waals surface area contributed by atoms with Crippen molar-refractivity contribution in [3.63, 3.8) is 0 Å². The number of fused-ring (bicyclic) bond motifs is 1. The monoisotopic (exact) mass is 604 g/mol. The Kier molecular flexibility index (Phi) is 9.51. The van der Waals surface area contributed by atoms with Crippen LogP contribution in [0, 0.1) is 23.5 Å². The summed E-state index contributed by atoms with van der Waals surface area (Å²) in [5.41, 5.74) is 1.01. The van der Waals surface area contributed by atoms with Gasteiger partial charge in [0.2, 0.25) is 0 Å². The van der Waals surface area contributed by atoms with Gasteiger partial charge in [0.05, 0.1) is 12.2 Å². The number of carbonyl (C=O) groups is 1. The lowest BCUT2D eigenvalue weighted by Crippen LogP contribution is -2.33. The van der Waals surface area contributed by atoms with Crippen LogP contribution in [0.5, 0.6) is 11.5 Å². The number of alkyl halides is 3. The number of nitrogens with one attached hydrogen (secondary N) is 1. The molecule has 5 rings (SSSR count). The van der Waals surface area contributed by atoms with Gasteiger partial charge in [-0.2, -0.15) is 13.2 Å². The molecule has 1 saturated carbocycles. The second-order valence-electron chi connectivity index (χ2n) is 10.9. The third-order valence-electron chi connectivity index (χ3n) is 7.72. The van der Waals surface area contributed by atoms with E-state index >= 15 is 0 Å². The van der Waals surface area contributed by atoms with Crippen LogP contribution in [0.25, 0.3) is 0 Å². The zero-order valence-corrected chi connectivity index (χ0v) is 23.6. The molecule has 1 aliphatic heterocycles. The third-order valence-corrected chi connectivity index (χ3v) is 7.72. The number of nitrogens with zero attached hydrogens (tertiary/aromatic N) is 1. The Balaban J connectivity index is 1.02. The summed E-state index contributed by atoms with van der Waals surface area (Å²) in [6, 6.07) is 15.7. The lowest BCUT2D eigenvalue weighted by atomic mass is 10.1. The number of halogens is 5. The Hall–Kier alpha value is -3.70. The molecule has 0 amide bonds. The number of ether oxygens (including phenoxy) is 3. The molecular formula is C32H33F5N2O4. The Bertz CT molecular complexity index is 1350. The quantitative estimate of drug-likeness (QED) is 0.155. The number of carbonyl (C=O) groups excluding carboxylic acids is 1. The number of benzene rings is 3. The predicted octanol–water partition coefficient (Wildman–Crippen LogP) is 5.64. The molecule has 0 spiro atoms. The molecule has 11 heteroatoms. The van der Waals surface area contributed by atoms with Crippen molar-refractivity contribution < 1.29 is 41.0 Å². The minimum absolute atomic E-state index is 0.102. The number of hydrogen-bond donors (Lipinski definition) is 1. The van der Waals surface area contributed by atoms with Gasteiger partial charge in [-0.15, -0.1) is 0 Å². The van der Waals surface area contributed by atoms with Crippen molar-refractivity contribution in [3.8, 4) is 11.5 Å². The molecule has 3 aromatic carbocycles. The fraction of sp³-hybridized carbons (Fsp3) is 0.406. The van der Waals surface area contributed by atoms with Crippen LogP contribution in [0.15, 0.2) is 66.7 Å². The Morgan fingerprint density at radius 2 is 1.56 bits per heavy atom. The van der Waals surface area contributed by atoms with Crippen molar-refractivity contribution in [1.82, 2.24) is 10.2 Å². The first-order valence-electron chi connectivity index (χ1n) is 14.2. The minimum Gasteiger partial charge on any atom is -0.492 e. The molecule has 1 unspecified atom stereocenters. The normalized spacial score (nSPS) is 20.4. The molecule has 1 saturated heterocycles. The van der Waals surface area contributed by atoms with Gasteiger partial charge in [-0.1, -0.05) is 24.3 Å². The molecule has 3 aromatic rings. The maximum Gasteiger partial charge on any atom is 0.416 e. The van der Waals surface area contributed by atoms with E-state index in [4.69, 9.17) is 14.2 Å². The second kappa shape index (κ2) is 13.3. The maximum absolute atomic E-state index is 13.6. The Labute approximate surface area is 246 Å². The molecule has 1 aliphatic carbocycles. The molecule has 2 fully saturated rings. The van der Waals surface area contributed by atoms with E-state index in [1.54, 1.807) is 43.3 Å². The number of likely N-dealkylation sites (tertiary alicyclic amines) is 1. The molecule has 230 valence electrons. The fourth-order valence-corrected chi connectivity index (χ4v) is 5.60. The summed E-state index contributed by atoms with van der Waals surface area (Å²) in [7, 11) is 0. The molecular weight excluding hydrogens is 571 g/mol. The van der Waals surface area contributed by atoms with Crippen LogP contribution in [0.2, 0.25) is 0 Å². The summed E-state index contributed by atoms with van der Waals surface area (Å²) in [5.74, 6) is -0.625. The molecule has 0 aromatic heterocycles. The van der Waals surface area contributed by atoms with Gasteiger partial charge >= 0.3 is 12.1 Å². The summed E-state index contributed by atoms with van der Waals surface area (Å²) in [5, 5.41) is 3.53. The van der Waals surface area contributed by atoms with E-state index in [2.05, 4.69) is 10.2 Å². The van der Waals surface area contributed by atoms with Crippen LogP contribution in [-0.2, 0) is 28.7 Å². The van der Waals surface area contributed by atoms with Crippen LogP contribution >= 0.6 is 0 Å². The highest BCUT2D eigenvalue weighted by atomic mass is 19.4. The Morgan fingerprint density at radius 3 is 2.16 bits per heavy atom. The van der Waals surface area contributed by atoms with Gasteiger partial charge in [-0.05, 0) is 54.2 Å². The van der Waals surface area contributed by atoms with Crippen molar-refractivity contribution >= 4 is 5.97 Å². The van der Waals surface area contributed by atoms with Gasteiger partial charge in [-0.3, -0.25) is 4.90 Å². The van der Waals surface area contributed by atoms with E-state index < -0.39 is 35.4 Å². The molecule has 2 aliphatic rings. The van der Waals surface area contributed by atoms with E-state index in [-0.39, 0.29) is 18.8 Å². The molecule has 1 heterocycles. The Morgan fingerprint density at radius 1 is 0.930 bits per heavy atom. The first kappa shape index (κ1) is 30.7. The summed E-state index contributed by atoms with van der Waals surface area (Å²) in [6.45, 7) is 5.40. The van der Waals surface area contributed by atoms with Crippen molar-refractivity contribution in [1.29, 1.82) is 0 Å². The minimum atomic E-state index is -4.32. The summed E-state index contributed by atoms with van der Waals surface area (Å²) in [6.07, 6.45) is -5.26. The van der Waals surface area contributed by atoms with Gasteiger partial charge < -0.3 is 19.5 Å². The topological polar surface area (TPSA) is 60.0 Å². The van der Waals surface area contributed by atoms with Gasteiger partial charge in [0.25, 0.3) is 0 Å². The summed E-state index contributed by atoms with van der Waals surface area (Å²) >= 11 is 0. The fourth-order valence-electron chi connectivity index (χ4n) is 5.60. The largest absolute Gasteiger partial charge is 0.492 e.